The summed E-state index contributed by atoms with van der Waals surface area (Å²) >= 11 is 5.87. The molecule has 2 atom stereocenters. The van der Waals surface area contributed by atoms with Gasteiger partial charge in [-0.1, -0.05) is 24.4 Å². The number of halogens is 1. The molecule has 0 spiro atoms. The molecule has 0 bridgehead atoms. The van der Waals surface area contributed by atoms with Gasteiger partial charge in [-0.05, 0) is 25.0 Å². The van der Waals surface area contributed by atoms with Gasteiger partial charge in [-0.25, -0.2) is 9.78 Å². The summed E-state index contributed by atoms with van der Waals surface area (Å²) in [5.74, 6) is -0.986. The van der Waals surface area contributed by atoms with Crippen LogP contribution < -0.4 is 10.6 Å². The lowest BCUT2D eigenvalue weighted by Crippen LogP contribution is -2.61. The van der Waals surface area contributed by atoms with E-state index in [4.69, 9.17) is 11.6 Å². The molecule has 23 heavy (non-hydrogen) atoms. The van der Waals surface area contributed by atoms with E-state index in [9.17, 15) is 14.4 Å². The van der Waals surface area contributed by atoms with Crippen LogP contribution in [0, 0.1) is 5.92 Å². The molecule has 2 N–H and O–H groups in total. The molecule has 0 aromatic carbocycles. The van der Waals surface area contributed by atoms with Crippen LogP contribution in [-0.2, 0) is 9.59 Å². The molecule has 1 aliphatic carbocycles. The molecular formula is C15H17ClN4O3. The fourth-order valence-electron chi connectivity index (χ4n) is 3.10. The Balaban J connectivity index is 1.67. The first-order chi connectivity index (χ1) is 11.1. The van der Waals surface area contributed by atoms with Crippen LogP contribution in [0.5, 0.6) is 0 Å². The number of aromatic nitrogens is 1. The number of nitrogens with one attached hydrogen (secondary N) is 2. The zero-order valence-electron chi connectivity index (χ0n) is 12.4. The third kappa shape index (κ3) is 3.29. The van der Waals surface area contributed by atoms with Crippen LogP contribution in [0.4, 0.5) is 10.5 Å². The summed E-state index contributed by atoms with van der Waals surface area (Å²) in [5.41, 5.74) is 0.347. The Hall–Kier alpha value is -2.15. The van der Waals surface area contributed by atoms with E-state index in [-0.39, 0.29) is 29.6 Å². The van der Waals surface area contributed by atoms with Crippen molar-refractivity contribution in [1.29, 1.82) is 0 Å². The van der Waals surface area contributed by atoms with Gasteiger partial charge >= 0.3 is 6.03 Å². The first kappa shape index (κ1) is 15.7. The average molecular weight is 337 g/mol. The first-order valence-corrected chi connectivity index (χ1v) is 7.96. The zero-order valence-corrected chi connectivity index (χ0v) is 13.2. The summed E-state index contributed by atoms with van der Waals surface area (Å²) in [7, 11) is 0. The van der Waals surface area contributed by atoms with Crippen molar-refractivity contribution in [2.24, 2.45) is 5.92 Å². The average Bonchev–Trinajstić information content (AvgIpc) is 2.54. The van der Waals surface area contributed by atoms with Gasteiger partial charge in [-0.3, -0.25) is 14.5 Å². The second-order valence-corrected chi connectivity index (χ2v) is 6.12. The maximum absolute atomic E-state index is 12.5. The molecule has 1 aliphatic heterocycles. The number of pyridine rings is 1. The summed E-state index contributed by atoms with van der Waals surface area (Å²) in [6, 6.07) is 2.62. The molecule has 2 fully saturated rings. The minimum Gasteiger partial charge on any atom is -0.334 e. The van der Waals surface area contributed by atoms with Crippen molar-refractivity contribution < 1.29 is 14.4 Å². The molecule has 4 amide bonds. The summed E-state index contributed by atoms with van der Waals surface area (Å²) in [5, 5.41) is 5.55. The molecule has 1 aromatic rings. The lowest BCUT2D eigenvalue weighted by atomic mass is 9.82. The lowest BCUT2D eigenvalue weighted by molar-refractivity contribution is -0.138. The highest BCUT2D eigenvalue weighted by Crippen LogP contribution is 2.29. The maximum atomic E-state index is 12.5. The molecule has 2 unspecified atom stereocenters. The number of carbonyl (C=O) groups excluding carboxylic acids is 3. The number of amides is 4. The Morgan fingerprint density at radius 2 is 2.17 bits per heavy atom. The van der Waals surface area contributed by atoms with Crippen molar-refractivity contribution in [3.63, 3.8) is 0 Å². The molecule has 7 nitrogen and oxygen atoms in total. The van der Waals surface area contributed by atoms with Gasteiger partial charge in [0.25, 0.3) is 0 Å². The van der Waals surface area contributed by atoms with Crippen LogP contribution in [0.3, 0.4) is 0 Å². The van der Waals surface area contributed by atoms with E-state index in [2.05, 4.69) is 15.6 Å². The Morgan fingerprint density at radius 3 is 2.96 bits per heavy atom. The van der Waals surface area contributed by atoms with Crippen LogP contribution in [0.2, 0.25) is 5.15 Å². The van der Waals surface area contributed by atoms with Gasteiger partial charge in [-0.2, -0.15) is 0 Å². The highest BCUT2D eigenvalue weighted by molar-refractivity contribution is 6.32. The zero-order chi connectivity index (χ0) is 16.4. The Morgan fingerprint density at radius 1 is 1.39 bits per heavy atom. The maximum Gasteiger partial charge on any atom is 0.324 e. The van der Waals surface area contributed by atoms with Crippen molar-refractivity contribution in [1.82, 2.24) is 15.2 Å². The number of nitrogens with zero attached hydrogens (tertiary/aromatic N) is 2. The van der Waals surface area contributed by atoms with E-state index in [1.54, 1.807) is 12.1 Å². The van der Waals surface area contributed by atoms with Crippen molar-refractivity contribution in [3.05, 3.63) is 23.5 Å². The van der Waals surface area contributed by atoms with Crippen LogP contribution >= 0.6 is 11.6 Å². The molecule has 3 rings (SSSR count). The molecule has 1 aromatic heterocycles. The smallest absolute Gasteiger partial charge is 0.324 e. The summed E-state index contributed by atoms with van der Waals surface area (Å²) in [6.07, 6.45) is 5.04. The lowest BCUT2D eigenvalue weighted by Gasteiger charge is -2.39. The molecule has 1 saturated carbocycles. The SMILES string of the molecule is O=C(CN1C(=O)NC2CCCCC2C1=O)Nc1cccnc1Cl. The molecular weight excluding hydrogens is 320 g/mol. The quantitative estimate of drug-likeness (QED) is 0.823. The molecule has 2 aliphatic rings. The van der Waals surface area contributed by atoms with E-state index in [1.165, 1.54) is 6.20 Å². The number of imide groups is 1. The number of hydrogen-bond acceptors (Lipinski definition) is 4. The van der Waals surface area contributed by atoms with Crippen molar-refractivity contribution in [2.45, 2.75) is 31.7 Å². The minimum atomic E-state index is -0.509. The van der Waals surface area contributed by atoms with Crippen molar-refractivity contribution in [2.75, 3.05) is 11.9 Å². The fourth-order valence-corrected chi connectivity index (χ4v) is 3.26. The van der Waals surface area contributed by atoms with Gasteiger partial charge in [0, 0.05) is 12.2 Å². The number of fused-ring (bicyclic) bond motifs is 1. The van der Waals surface area contributed by atoms with Crippen molar-refractivity contribution >= 4 is 35.1 Å². The monoisotopic (exact) mass is 336 g/mol. The topological polar surface area (TPSA) is 91.4 Å². The van der Waals surface area contributed by atoms with Crippen LogP contribution in [-0.4, -0.2) is 40.3 Å². The van der Waals surface area contributed by atoms with Gasteiger partial charge in [0.1, 0.15) is 6.54 Å². The Kier molecular flexibility index (Phi) is 4.47. The van der Waals surface area contributed by atoms with Crippen LogP contribution in [0.1, 0.15) is 25.7 Å². The Labute approximate surface area is 138 Å². The normalized spacial score (nSPS) is 24.0. The standard InChI is InChI=1S/C15H17ClN4O3/c16-13-11(6-3-7-17-13)18-12(21)8-20-14(22)9-4-1-2-5-10(9)19-15(20)23/h3,6-7,9-10H,1-2,4-5,8H2,(H,18,21)(H,19,23). The van der Waals surface area contributed by atoms with Gasteiger partial charge in [-0.15, -0.1) is 0 Å². The predicted molar refractivity (Wildman–Crippen MR) is 83.9 cm³/mol. The molecule has 8 heteroatoms. The number of urea groups is 1. The fraction of sp³-hybridized carbons (Fsp3) is 0.467. The second-order valence-electron chi connectivity index (χ2n) is 5.76. The first-order valence-electron chi connectivity index (χ1n) is 7.58. The summed E-state index contributed by atoms with van der Waals surface area (Å²) in [4.78, 5) is 41.5. The molecule has 122 valence electrons. The van der Waals surface area contributed by atoms with Gasteiger partial charge in [0.2, 0.25) is 11.8 Å². The number of hydrogen-bond donors (Lipinski definition) is 2. The number of rotatable bonds is 3. The highest BCUT2D eigenvalue weighted by atomic mass is 35.5. The number of anilines is 1. The second kappa shape index (κ2) is 6.54. The third-order valence-electron chi connectivity index (χ3n) is 4.24. The highest BCUT2D eigenvalue weighted by Gasteiger charge is 2.42. The van der Waals surface area contributed by atoms with Crippen LogP contribution in [0.25, 0.3) is 0 Å². The van der Waals surface area contributed by atoms with E-state index in [0.717, 1.165) is 30.6 Å². The van der Waals surface area contributed by atoms with E-state index in [0.29, 0.717) is 5.69 Å². The third-order valence-corrected chi connectivity index (χ3v) is 4.54. The summed E-state index contributed by atoms with van der Waals surface area (Å²) in [6.45, 7) is -0.334. The number of carbonyl (C=O) groups is 3. The molecule has 2 heterocycles. The largest absolute Gasteiger partial charge is 0.334 e. The van der Waals surface area contributed by atoms with E-state index < -0.39 is 11.9 Å². The van der Waals surface area contributed by atoms with Gasteiger partial charge in [0.05, 0.1) is 11.6 Å². The predicted octanol–water partition coefficient (Wildman–Crippen LogP) is 1.78. The Bertz CT molecular complexity index is 651. The van der Waals surface area contributed by atoms with Gasteiger partial charge < -0.3 is 10.6 Å². The van der Waals surface area contributed by atoms with E-state index in [1.807, 2.05) is 0 Å². The van der Waals surface area contributed by atoms with Gasteiger partial charge in [0.15, 0.2) is 5.15 Å². The minimum absolute atomic E-state index is 0.101. The van der Waals surface area contributed by atoms with E-state index >= 15 is 0 Å². The van der Waals surface area contributed by atoms with Crippen LogP contribution in [0.15, 0.2) is 18.3 Å². The van der Waals surface area contributed by atoms with Crippen molar-refractivity contribution in [3.8, 4) is 0 Å². The molecule has 0 radical (unpaired) electrons. The molecule has 1 saturated heterocycles. The summed E-state index contributed by atoms with van der Waals surface area (Å²) < 4.78 is 0.